The number of nitrogens with one attached hydrogen (secondary N) is 1. The Kier molecular flexibility index (Phi) is 5.43. The third kappa shape index (κ3) is 4.45. The molecule has 1 heterocycles. The second-order valence-corrected chi connectivity index (χ2v) is 8.14. The predicted molar refractivity (Wildman–Crippen MR) is 78.8 cm³/mol. The van der Waals surface area contributed by atoms with E-state index in [0.717, 1.165) is 25.7 Å². The fourth-order valence-corrected chi connectivity index (χ4v) is 4.11. The van der Waals surface area contributed by atoms with Gasteiger partial charge < -0.3 is 5.32 Å². The van der Waals surface area contributed by atoms with Crippen LogP contribution in [0.25, 0.3) is 0 Å². The van der Waals surface area contributed by atoms with E-state index in [1.165, 1.54) is 36.2 Å². The SMILES string of the molecule is CS(=O)(=O)N1CCCC(C(=O)NC2CCCCCC2)C1. The largest absolute Gasteiger partial charge is 0.353 e. The minimum atomic E-state index is -3.18. The molecule has 0 aromatic carbocycles. The summed E-state index contributed by atoms with van der Waals surface area (Å²) in [7, 11) is -3.18. The van der Waals surface area contributed by atoms with Gasteiger partial charge in [-0.3, -0.25) is 4.79 Å². The molecule has 2 rings (SSSR count). The Morgan fingerprint density at radius 2 is 1.70 bits per heavy atom. The number of piperidine rings is 1. The molecule has 1 amide bonds. The van der Waals surface area contributed by atoms with Gasteiger partial charge >= 0.3 is 0 Å². The number of nitrogens with zero attached hydrogens (tertiary/aromatic N) is 1. The smallest absolute Gasteiger partial charge is 0.224 e. The van der Waals surface area contributed by atoms with Gasteiger partial charge in [-0.05, 0) is 25.7 Å². The van der Waals surface area contributed by atoms with Gasteiger partial charge in [-0.2, -0.15) is 0 Å². The molecule has 0 radical (unpaired) electrons. The highest BCUT2D eigenvalue weighted by Gasteiger charge is 2.31. The Morgan fingerprint density at radius 1 is 1.05 bits per heavy atom. The van der Waals surface area contributed by atoms with E-state index < -0.39 is 10.0 Å². The molecule has 1 aliphatic carbocycles. The van der Waals surface area contributed by atoms with Crippen LogP contribution in [0.1, 0.15) is 51.4 Å². The summed E-state index contributed by atoms with van der Waals surface area (Å²) in [6, 6.07) is 0.290. The first-order valence-corrected chi connectivity index (χ1v) is 9.57. The summed E-state index contributed by atoms with van der Waals surface area (Å²) in [5, 5.41) is 3.14. The first kappa shape index (κ1) is 15.8. The topological polar surface area (TPSA) is 66.5 Å². The predicted octanol–water partition coefficient (Wildman–Crippen LogP) is 1.50. The van der Waals surface area contributed by atoms with Crippen molar-refractivity contribution in [2.24, 2.45) is 5.92 Å². The van der Waals surface area contributed by atoms with Crippen molar-refractivity contribution in [1.82, 2.24) is 9.62 Å². The summed E-state index contributed by atoms with van der Waals surface area (Å²) in [5.74, 6) is -0.132. The van der Waals surface area contributed by atoms with E-state index in [2.05, 4.69) is 5.32 Å². The van der Waals surface area contributed by atoms with Crippen molar-refractivity contribution in [3.8, 4) is 0 Å². The van der Waals surface area contributed by atoms with Gasteiger partial charge in [0.1, 0.15) is 0 Å². The Hall–Kier alpha value is -0.620. The van der Waals surface area contributed by atoms with E-state index in [-0.39, 0.29) is 11.8 Å². The van der Waals surface area contributed by atoms with Crippen LogP contribution >= 0.6 is 0 Å². The van der Waals surface area contributed by atoms with Crippen molar-refractivity contribution in [1.29, 1.82) is 0 Å². The molecule has 0 spiro atoms. The molecule has 116 valence electrons. The highest BCUT2D eigenvalue weighted by molar-refractivity contribution is 7.88. The molecule has 0 bridgehead atoms. The molecule has 2 fully saturated rings. The maximum absolute atomic E-state index is 12.3. The summed E-state index contributed by atoms with van der Waals surface area (Å²) < 4.78 is 24.6. The summed E-state index contributed by atoms with van der Waals surface area (Å²) in [5.41, 5.74) is 0. The molecule has 1 aliphatic heterocycles. The van der Waals surface area contributed by atoms with Crippen LogP contribution in [0.15, 0.2) is 0 Å². The number of hydrogen-bond donors (Lipinski definition) is 1. The minimum absolute atomic E-state index is 0.0465. The molecule has 2 aliphatic rings. The first-order valence-electron chi connectivity index (χ1n) is 7.72. The van der Waals surface area contributed by atoms with Crippen molar-refractivity contribution >= 4 is 15.9 Å². The standard InChI is InChI=1S/C14H26N2O3S/c1-20(18,19)16-10-6-7-12(11-16)14(17)15-13-8-4-2-3-5-9-13/h12-13H,2-11H2,1H3,(H,15,17). The summed E-state index contributed by atoms with van der Waals surface area (Å²) in [6.45, 7) is 0.892. The molecule has 5 nitrogen and oxygen atoms in total. The van der Waals surface area contributed by atoms with E-state index in [1.54, 1.807) is 0 Å². The summed E-state index contributed by atoms with van der Waals surface area (Å²) >= 11 is 0. The van der Waals surface area contributed by atoms with Crippen LogP contribution in [0, 0.1) is 5.92 Å². The van der Waals surface area contributed by atoms with Crippen LogP contribution in [0.2, 0.25) is 0 Å². The van der Waals surface area contributed by atoms with Gasteiger partial charge in [0.05, 0.1) is 12.2 Å². The second kappa shape index (κ2) is 6.89. The Labute approximate surface area is 122 Å². The quantitative estimate of drug-likeness (QED) is 0.803. The van der Waals surface area contributed by atoms with Gasteiger partial charge in [0, 0.05) is 19.1 Å². The minimum Gasteiger partial charge on any atom is -0.353 e. The lowest BCUT2D eigenvalue weighted by Crippen LogP contribution is -2.47. The lowest BCUT2D eigenvalue weighted by atomic mass is 9.97. The molecule has 1 saturated carbocycles. The van der Waals surface area contributed by atoms with E-state index in [1.807, 2.05) is 0 Å². The molecule has 1 unspecified atom stereocenters. The average molecular weight is 302 g/mol. The summed E-state index contributed by atoms with van der Waals surface area (Å²) in [4.78, 5) is 12.3. The van der Waals surface area contributed by atoms with E-state index in [9.17, 15) is 13.2 Å². The van der Waals surface area contributed by atoms with Gasteiger partial charge in [0.2, 0.25) is 15.9 Å². The van der Waals surface area contributed by atoms with Crippen LogP contribution in [-0.2, 0) is 14.8 Å². The zero-order valence-corrected chi connectivity index (χ0v) is 13.1. The molecule has 1 atom stereocenters. The molecule has 1 N–H and O–H groups in total. The molecule has 0 aromatic heterocycles. The van der Waals surface area contributed by atoms with Gasteiger partial charge in [-0.1, -0.05) is 25.7 Å². The van der Waals surface area contributed by atoms with Crippen LogP contribution in [0.5, 0.6) is 0 Å². The normalized spacial score (nSPS) is 26.9. The lowest BCUT2D eigenvalue weighted by molar-refractivity contribution is -0.126. The van der Waals surface area contributed by atoms with Gasteiger partial charge in [-0.15, -0.1) is 0 Å². The first-order chi connectivity index (χ1) is 9.47. The average Bonchev–Trinajstić information content (AvgIpc) is 2.66. The fourth-order valence-electron chi connectivity index (χ4n) is 3.20. The molecule has 20 heavy (non-hydrogen) atoms. The summed E-state index contributed by atoms with van der Waals surface area (Å²) in [6.07, 6.45) is 9.81. The number of amides is 1. The van der Waals surface area contributed by atoms with Crippen LogP contribution < -0.4 is 5.32 Å². The van der Waals surface area contributed by atoms with E-state index in [0.29, 0.717) is 19.1 Å². The Bertz CT molecular complexity index is 428. The third-order valence-corrected chi connectivity index (χ3v) is 5.70. The molecular formula is C14H26N2O3S. The Balaban J connectivity index is 1.88. The lowest BCUT2D eigenvalue weighted by Gasteiger charge is -2.31. The molecule has 6 heteroatoms. The monoisotopic (exact) mass is 302 g/mol. The maximum atomic E-state index is 12.3. The van der Waals surface area contributed by atoms with E-state index >= 15 is 0 Å². The number of rotatable bonds is 3. The van der Waals surface area contributed by atoms with Crippen molar-refractivity contribution in [3.05, 3.63) is 0 Å². The third-order valence-electron chi connectivity index (χ3n) is 4.43. The van der Waals surface area contributed by atoms with Gasteiger partial charge in [0.15, 0.2) is 0 Å². The van der Waals surface area contributed by atoms with Crippen molar-refractivity contribution in [2.75, 3.05) is 19.3 Å². The number of hydrogen-bond acceptors (Lipinski definition) is 3. The molecule has 1 saturated heterocycles. The van der Waals surface area contributed by atoms with Crippen LogP contribution in [0.3, 0.4) is 0 Å². The van der Waals surface area contributed by atoms with E-state index in [4.69, 9.17) is 0 Å². The van der Waals surface area contributed by atoms with Crippen molar-refractivity contribution < 1.29 is 13.2 Å². The van der Waals surface area contributed by atoms with Crippen molar-refractivity contribution in [3.63, 3.8) is 0 Å². The number of sulfonamides is 1. The molecular weight excluding hydrogens is 276 g/mol. The van der Waals surface area contributed by atoms with Crippen LogP contribution in [0.4, 0.5) is 0 Å². The Morgan fingerprint density at radius 3 is 2.30 bits per heavy atom. The van der Waals surface area contributed by atoms with Gasteiger partial charge in [0.25, 0.3) is 0 Å². The van der Waals surface area contributed by atoms with Gasteiger partial charge in [-0.25, -0.2) is 12.7 Å². The number of carbonyl (C=O) groups excluding carboxylic acids is 1. The molecule has 0 aromatic rings. The fraction of sp³-hybridized carbons (Fsp3) is 0.929. The maximum Gasteiger partial charge on any atom is 0.224 e. The number of carbonyl (C=O) groups is 1. The van der Waals surface area contributed by atoms with Crippen LogP contribution in [-0.4, -0.2) is 44.0 Å². The zero-order valence-electron chi connectivity index (χ0n) is 12.3. The zero-order chi connectivity index (χ0) is 14.6. The highest BCUT2D eigenvalue weighted by atomic mass is 32.2. The van der Waals surface area contributed by atoms with Crippen molar-refractivity contribution in [2.45, 2.75) is 57.4 Å². The second-order valence-electron chi connectivity index (χ2n) is 6.16. The highest BCUT2D eigenvalue weighted by Crippen LogP contribution is 2.21.